The van der Waals surface area contributed by atoms with Crippen LogP contribution >= 0.6 is 0 Å². The molecular formula is C53H44N2. The lowest BCUT2D eigenvalue weighted by Crippen LogP contribution is -2.30. The topological polar surface area (TPSA) is 8.17 Å². The first kappa shape index (κ1) is 32.3. The minimum absolute atomic E-state index is 0.409. The molecule has 0 N–H and O–H groups in total. The molecule has 1 heterocycles. The van der Waals surface area contributed by atoms with Crippen LogP contribution in [0.4, 0.5) is 11.4 Å². The summed E-state index contributed by atoms with van der Waals surface area (Å²) in [6, 6.07) is 48.1. The van der Waals surface area contributed by atoms with Crippen molar-refractivity contribution in [1.82, 2.24) is 4.57 Å². The minimum Gasteiger partial charge on any atom is -0.314 e. The van der Waals surface area contributed by atoms with Gasteiger partial charge in [0.05, 0.1) is 11.1 Å². The first-order valence-electron chi connectivity index (χ1n) is 20.2. The molecule has 0 radical (unpaired) electrons. The van der Waals surface area contributed by atoms with Crippen LogP contribution < -0.4 is 4.90 Å². The highest BCUT2D eigenvalue weighted by atomic mass is 15.2. The second kappa shape index (κ2) is 13.0. The van der Waals surface area contributed by atoms with Crippen LogP contribution in [0.5, 0.6) is 0 Å². The van der Waals surface area contributed by atoms with Gasteiger partial charge in [0.1, 0.15) is 0 Å². The fraction of sp³-hybridized carbons (Fsp3) is 0.170. The molecule has 0 amide bonds. The lowest BCUT2D eigenvalue weighted by Gasteiger charge is -2.36. The van der Waals surface area contributed by atoms with E-state index in [1.807, 2.05) is 0 Å². The quantitative estimate of drug-likeness (QED) is 0.167. The normalized spacial score (nSPS) is 17.2. The van der Waals surface area contributed by atoms with Crippen LogP contribution in [-0.2, 0) is 24.7 Å². The Morgan fingerprint density at radius 3 is 2.04 bits per heavy atom. The van der Waals surface area contributed by atoms with Crippen molar-refractivity contribution >= 4 is 35.2 Å². The Labute approximate surface area is 324 Å². The average Bonchev–Trinajstić information content (AvgIpc) is 3.75. The molecule has 0 saturated carbocycles. The largest absolute Gasteiger partial charge is 0.314 e. The van der Waals surface area contributed by atoms with Gasteiger partial charge in [0.25, 0.3) is 0 Å². The lowest BCUT2D eigenvalue weighted by molar-refractivity contribution is 0.756. The molecule has 1 aromatic heterocycles. The van der Waals surface area contributed by atoms with Crippen molar-refractivity contribution in [3.8, 4) is 5.69 Å². The summed E-state index contributed by atoms with van der Waals surface area (Å²) in [6.07, 6.45) is 25.2. The number of aromatic nitrogens is 1. The highest BCUT2D eigenvalue weighted by Gasteiger charge is 2.47. The molecule has 5 aliphatic carbocycles. The van der Waals surface area contributed by atoms with E-state index in [9.17, 15) is 0 Å². The van der Waals surface area contributed by atoms with Crippen LogP contribution in [0.3, 0.4) is 0 Å². The summed E-state index contributed by atoms with van der Waals surface area (Å²) in [4.78, 5) is 2.60. The van der Waals surface area contributed by atoms with Gasteiger partial charge in [-0.15, -0.1) is 0 Å². The highest BCUT2D eigenvalue weighted by Crippen LogP contribution is 2.58. The van der Waals surface area contributed by atoms with Gasteiger partial charge < -0.3 is 9.47 Å². The lowest BCUT2D eigenvalue weighted by atomic mass is 9.66. The number of aryl methyl sites for hydroxylation is 1. The van der Waals surface area contributed by atoms with Gasteiger partial charge in [0.2, 0.25) is 0 Å². The Morgan fingerprint density at radius 2 is 1.24 bits per heavy atom. The summed E-state index contributed by atoms with van der Waals surface area (Å²) in [5, 5.41) is 0. The van der Waals surface area contributed by atoms with Gasteiger partial charge in [0, 0.05) is 28.5 Å². The van der Waals surface area contributed by atoms with Crippen molar-refractivity contribution in [2.24, 2.45) is 0 Å². The third kappa shape index (κ3) is 5.01. The molecule has 0 spiro atoms. The fourth-order valence-corrected chi connectivity index (χ4v) is 10.4. The smallest absolute Gasteiger partial charge is 0.0710 e. The van der Waals surface area contributed by atoms with Gasteiger partial charge in [-0.3, -0.25) is 0 Å². The molecule has 0 atom stereocenters. The predicted molar refractivity (Wildman–Crippen MR) is 230 cm³/mol. The number of allylic oxidation sites excluding steroid dienone is 7. The zero-order valence-electron chi connectivity index (χ0n) is 31.2. The van der Waals surface area contributed by atoms with Crippen LogP contribution in [0.25, 0.3) is 29.5 Å². The summed E-state index contributed by atoms with van der Waals surface area (Å²) in [7, 11) is 0. The Bertz CT molecular complexity index is 2590. The summed E-state index contributed by atoms with van der Waals surface area (Å²) < 4.78 is 2.56. The highest BCUT2D eigenvalue weighted by molar-refractivity contribution is 5.90. The molecule has 266 valence electrons. The molecule has 0 aliphatic heterocycles. The average molecular weight is 709 g/mol. The zero-order valence-corrected chi connectivity index (χ0v) is 31.2. The van der Waals surface area contributed by atoms with Crippen molar-refractivity contribution in [3.63, 3.8) is 0 Å². The van der Waals surface area contributed by atoms with Crippen LogP contribution in [-0.4, -0.2) is 4.57 Å². The Morgan fingerprint density at radius 1 is 0.564 bits per heavy atom. The number of anilines is 2. The van der Waals surface area contributed by atoms with E-state index in [2.05, 4.69) is 179 Å². The number of para-hydroxylation sites is 1. The number of nitrogens with zero attached hydrogens (tertiary/aromatic N) is 2. The zero-order chi connectivity index (χ0) is 36.3. The van der Waals surface area contributed by atoms with Crippen molar-refractivity contribution in [2.75, 3.05) is 4.90 Å². The molecule has 2 nitrogen and oxygen atoms in total. The molecule has 2 heteroatoms. The summed E-state index contributed by atoms with van der Waals surface area (Å²) in [5.74, 6) is 0. The van der Waals surface area contributed by atoms with E-state index >= 15 is 0 Å². The van der Waals surface area contributed by atoms with Crippen molar-refractivity contribution in [3.05, 3.63) is 219 Å². The third-order valence-corrected chi connectivity index (χ3v) is 12.8. The second-order valence-electron chi connectivity index (χ2n) is 15.7. The van der Waals surface area contributed by atoms with E-state index in [0.717, 1.165) is 51.4 Å². The van der Waals surface area contributed by atoms with Crippen LogP contribution in [0.15, 0.2) is 163 Å². The summed E-state index contributed by atoms with van der Waals surface area (Å²) >= 11 is 0. The molecule has 11 rings (SSSR count). The number of fused-ring (bicyclic) bond motifs is 6. The predicted octanol–water partition coefficient (Wildman–Crippen LogP) is 13.0. The first-order valence-corrected chi connectivity index (χ1v) is 20.2. The molecule has 0 saturated heterocycles. The molecular weight excluding hydrogens is 665 g/mol. The molecule has 5 aliphatic rings. The first-order chi connectivity index (χ1) is 27.3. The van der Waals surface area contributed by atoms with Gasteiger partial charge >= 0.3 is 0 Å². The van der Waals surface area contributed by atoms with Crippen LogP contribution in [0, 0.1) is 0 Å². The Kier molecular flexibility index (Phi) is 7.65. The monoisotopic (exact) mass is 708 g/mol. The minimum atomic E-state index is -0.409. The van der Waals surface area contributed by atoms with E-state index in [4.69, 9.17) is 0 Å². The standard InChI is InChI=1S/C53H44N2/c1-4-18-39(19-5-1)53(40-20-6-2-7-21-40)49-26-14-12-24-45(49)46-32-30-43(35-50(46)53)54(42-29-28-37-16-10-11-17-38(37)34-42)44-31-33-48-47-25-13-15-27-51(47)55(52(48)36-44)41-22-8-3-9-23-41/h1-10,13-14,16,18-23,25-26,28-30,32,34-36H,11-12,15,17,24,27,31,33H2. The van der Waals surface area contributed by atoms with Gasteiger partial charge in [-0.1, -0.05) is 127 Å². The molecule has 0 fully saturated rings. The van der Waals surface area contributed by atoms with Gasteiger partial charge in [0.15, 0.2) is 0 Å². The maximum Gasteiger partial charge on any atom is 0.0710 e. The Hall–Kier alpha value is -6.12. The maximum atomic E-state index is 2.60. The molecule has 5 aromatic carbocycles. The maximum absolute atomic E-state index is 2.60. The molecule has 55 heavy (non-hydrogen) atoms. The SMILES string of the molecule is C1=CC2=C(CC1)c1ccc(N(C3=Cc4c(c5c(n4-c4ccccc4)CCC=C5)CC3)c3ccc4c(c3)CCC=C4)cc1C2(c1ccccc1)c1ccccc1. The Balaban J connectivity index is 1.16. The number of benzene rings is 5. The molecule has 0 unspecified atom stereocenters. The third-order valence-electron chi connectivity index (χ3n) is 12.8. The van der Waals surface area contributed by atoms with Gasteiger partial charge in [-0.25, -0.2) is 0 Å². The molecule has 0 bridgehead atoms. The molecule has 6 aromatic rings. The number of hydrogen-bond donors (Lipinski definition) is 0. The van der Waals surface area contributed by atoms with E-state index < -0.39 is 5.41 Å². The van der Waals surface area contributed by atoms with Crippen molar-refractivity contribution < 1.29 is 0 Å². The summed E-state index contributed by atoms with van der Waals surface area (Å²) in [6.45, 7) is 0. The van der Waals surface area contributed by atoms with E-state index in [1.54, 1.807) is 0 Å². The van der Waals surface area contributed by atoms with E-state index in [0.29, 0.717) is 0 Å². The van der Waals surface area contributed by atoms with Crippen molar-refractivity contribution in [1.29, 1.82) is 0 Å². The van der Waals surface area contributed by atoms with E-state index in [1.165, 1.54) is 89.8 Å². The van der Waals surface area contributed by atoms with E-state index in [-0.39, 0.29) is 0 Å². The van der Waals surface area contributed by atoms with Gasteiger partial charge in [-0.2, -0.15) is 0 Å². The number of hydrogen-bond acceptors (Lipinski definition) is 1. The fourth-order valence-electron chi connectivity index (χ4n) is 10.4. The number of rotatable bonds is 6. The second-order valence-corrected chi connectivity index (χ2v) is 15.7. The van der Waals surface area contributed by atoms with Crippen LogP contribution in [0.2, 0.25) is 0 Å². The van der Waals surface area contributed by atoms with Crippen molar-refractivity contribution in [2.45, 2.75) is 56.8 Å². The van der Waals surface area contributed by atoms with Gasteiger partial charge in [-0.05, 0) is 149 Å². The van der Waals surface area contributed by atoms with Crippen LogP contribution in [0.1, 0.15) is 88.0 Å². The summed E-state index contributed by atoms with van der Waals surface area (Å²) in [5.41, 5.74) is 21.5.